The summed E-state index contributed by atoms with van der Waals surface area (Å²) in [6.45, 7) is 6.81. The van der Waals surface area contributed by atoms with Gasteiger partial charge in [-0.25, -0.2) is 0 Å². The van der Waals surface area contributed by atoms with Gasteiger partial charge in [0.05, 0.1) is 0 Å². The zero-order valence-electron chi connectivity index (χ0n) is 18.3. The molecule has 31 heavy (non-hydrogen) atoms. The van der Waals surface area contributed by atoms with Crippen molar-refractivity contribution in [1.82, 2.24) is 0 Å². The zero-order chi connectivity index (χ0) is 21.7. The Morgan fingerprint density at radius 1 is 0.710 bits per heavy atom. The van der Waals surface area contributed by atoms with Gasteiger partial charge in [0.15, 0.2) is 0 Å². The summed E-state index contributed by atoms with van der Waals surface area (Å²) < 4.78 is 11.0. The van der Waals surface area contributed by atoms with Gasteiger partial charge in [0, 0.05) is 0 Å². The van der Waals surface area contributed by atoms with Gasteiger partial charge >= 0.3 is 199 Å². The first kappa shape index (κ1) is 22.2. The van der Waals surface area contributed by atoms with E-state index < -0.39 is 0 Å². The molecule has 158 valence electrons. The van der Waals surface area contributed by atoms with Crippen molar-refractivity contribution in [2.45, 2.75) is 37.9 Å². The summed E-state index contributed by atoms with van der Waals surface area (Å²) in [6, 6.07) is 32.4. The fraction of sp³-hybridized carbons (Fsp3) is 0.214. The SMILES string of the molecule is CC(C)(C)c1oc(-c2ccccc2)c([Se]c2ccccc2)c1CC[Se]c1ccccc1. The number of furan rings is 1. The molecule has 3 aromatic carbocycles. The third-order valence-electron chi connectivity index (χ3n) is 5.00. The monoisotopic (exact) mass is 540 g/mol. The quantitative estimate of drug-likeness (QED) is 0.306. The van der Waals surface area contributed by atoms with Crippen LogP contribution in [-0.4, -0.2) is 29.9 Å². The molecule has 4 aromatic rings. The van der Waals surface area contributed by atoms with Crippen molar-refractivity contribution >= 4 is 43.3 Å². The molecule has 0 amide bonds. The predicted octanol–water partition coefficient (Wildman–Crippen LogP) is 4.89. The second-order valence-corrected chi connectivity index (χ2v) is 13.2. The molecular formula is C28H28OSe2. The van der Waals surface area contributed by atoms with Crippen molar-refractivity contribution in [3.63, 3.8) is 0 Å². The molecular weight excluding hydrogens is 510 g/mol. The van der Waals surface area contributed by atoms with E-state index in [9.17, 15) is 0 Å². The van der Waals surface area contributed by atoms with Crippen LogP contribution in [0.15, 0.2) is 95.4 Å². The van der Waals surface area contributed by atoms with Crippen molar-refractivity contribution in [3.8, 4) is 11.3 Å². The van der Waals surface area contributed by atoms with Gasteiger partial charge in [-0.05, 0) is 0 Å². The first-order valence-corrected chi connectivity index (χ1v) is 14.4. The van der Waals surface area contributed by atoms with Crippen molar-refractivity contribution in [3.05, 3.63) is 102 Å². The zero-order valence-corrected chi connectivity index (χ0v) is 21.7. The van der Waals surface area contributed by atoms with Crippen LogP contribution in [0.5, 0.6) is 0 Å². The van der Waals surface area contributed by atoms with E-state index >= 15 is 0 Å². The summed E-state index contributed by atoms with van der Waals surface area (Å²) >= 11 is 0.673. The average Bonchev–Trinajstić information content (AvgIpc) is 3.14. The van der Waals surface area contributed by atoms with Crippen molar-refractivity contribution in [1.29, 1.82) is 0 Å². The third-order valence-corrected chi connectivity index (χ3v) is 9.53. The van der Waals surface area contributed by atoms with Crippen LogP contribution in [0.3, 0.4) is 0 Å². The first-order chi connectivity index (χ1) is 15.0. The summed E-state index contributed by atoms with van der Waals surface area (Å²) in [5.74, 6) is 2.22. The van der Waals surface area contributed by atoms with Gasteiger partial charge in [-0.3, -0.25) is 0 Å². The van der Waals surface area contributed by atoms with E-state index in [1.54, 1.807) is 0 Å². The first-order valence-electron chi connectivity index (χ1n) is 10.6. The Bertz CT molecular complexity index is 1090. The number of benzene rings is 3. The van der Waals surface area contributed by atoms with E-state index in [4.69, 9.17) is 4.42 Å². The number of hydrogen-bond donors (Lipinski definition) is 0. The van der Waals surface area contributed by atoms with E-state index in [0.717, 1.165) is 17.9 Å². The van der Waals surface area contributed by atoms with E-state index in [-0.39, 0.29) is 20.4 Å². The molecule has 0 saturated carbocycles. The number of rotatable bonds is 7. The summed E-state index contributed by atoms with van der Waals surface area (Å²) in [5, 5.41) is 1.19. The van der Waals surface area contributed by atoms with E-state index in [1.807, 2.05) is 0 Å². The van der Waals surface area contributed by atoms with Crippen LogP contribution < -0.4 is 13.4 Å². The van der Waals surface area contributed by atoms with E-state index in [0.29, 0.717) is 15.0 Å². The molecule has 1 aromatic heterocycles. The Morgan fingerprint density at radius 3 is 1.84 bits per heavy atom. The van der Waals surface area contributed by atoms with E-state index in [2.05, 4.69) is 112 Å². The summed E-state index contributed by atoms with van der Waals surface area (Å²) in [6.07, 6.45) is 1.07. The molecule has 0 atom stereocenters. The molecule has 0 spiro atoms. The molecule has 0 aliphatic heterocycles. The van der Waals surface area contributed by atoms with Gasteiger partial charge in [0.2, 0.25) is 0 Å². The van der Waals surface area contributed by atoms with Crippen LogP contribution in [0.25, 0.3) is 11.3 Å². The van der Waals surface area contributed by atoms with Gasteiger partial charge in [-0.2, -0.15) is 0 Å². The maximum atomic E-state index is 6.69. The molecule has 0 bridgehead atoms. The van der Waals surface area contributed by atoms with Crippen LogP contribution in [-0.2, 0) is 11.8 Å². The fourth-order valence-corrected chi connectivity index (χ4v) is 7.74. The van der Waals surface area contributed by atoms with Gasteiger partial charge in [-0.15, -0.1) is 0 Å². The average molecular weight is 538 g/mol. The molecule has 0 unspecified atom stereocenters. The molecule has 3 heteroatoms. The minimum absolute atomic E-state index is 0.0242. The Balaban J connectivity index is 1.74. The van der Waals surface area contributed by atoms with Crippen LogP contribution in [0.2, 0.25) is 5.32 Å². The number of hydrogen-bond acceptors (Lipinski definition) is 1. The Hall–Kier alpha value is -2.02. The van der Waals surface area contributed by atoms with Crippen LogP contribution in [0.1, 0.15) is 32.1 Å². The Kier molecular flexibility index (Phi) is 7.20. The second kappa shape index (κ2) is 10.1. The van der Waals surface area contributed by atoms with E-state index in [1.165, 1.54) is 29.8 Å². The predicted molar refractivity (Wildman–Crippen MR) is 135 cm³/mol. The molecule has 0 radical (unpaired) electrons. The molecule has 0 aliphatic carbocycles. The van der Waals surface area contributed by atoms with Gasteiger partial charge in [0.1, 0.15) is 0 Å². The Labute approximate surface area is 198 Å². The molecule has 1 heterocycles. The summed E-state index contributed by atoms with van der Waals surface area (Å²) in [7, 11) is 0. The second-order valence-electron chi connectivity index (χ2n) is 8.51. The van der Waals surface area contributed by atoms with Gasteiger partial charge in [0.25, 0.3) is 0 Å². The van der Waals surface area contributed by atoms with Gasteiger partial charge < -0.3 is 0 Å². The fourth-order valence-electron chi connectivity index (χ4n) is 3.56. The Morgan fingerprint density at radius 2 is 1.26 bits per heavy atom. The maximum absolute atomic E-state index is 6.69. The van der Waals surface area contributed by atoms with Crippen molar-refractivity contribution in [2.75, 3.05) is 0 Å². The molecule has 0 N–H and O–H groups in total. The summed E-state index contributed by atoms with van der Waals surface area (Å²) in [4.78, 5) is 0. The van der Waals surface area contributed by atoms with Crippen LogP contribution in [0.4, 0.5) is 0 Å². The van der Waals surface area contributed by atoms with Gasteiger partial charge in [-0.1, -0.05) is 0 Å². The molecule has 1 nitrogen and oxygen atoms in total. The van der Waals surface area contributed by atoms with Crippen molar-refractivity contribution < 1.29 is 4.42 Å². The summed E-state index contributed by atoms with van der Waals surface area (Å²) in [5.41, 5.74) is 2.59. The minimum atomic E-state index is -0.0242. The molecule has 0 fully saturated rings. The normalized spacial score (nSPS) is 11.6. The van der Waals surface area contributed by atoms with Crippen LogP contribution >= 0.6 is 0 Å². The standard InChI is InChI=1S/C28H28OSe2/c1-28(2,3)27-24(19-20-30-22-15-9-5-10-16-22)26(31-23-17-11-6-12-18-23)25(29-27)21-13-7-4-8-14-21/h4-18H,19-20H2,1-3H3. The molecule has 4 rings (SSSR count). The van der Waals surface area contributed by atoms with Crippen LogP contribution in [0, 0.1) is 0 Å². The third kappa shape index (κ3) is 5.62. The van der Waals surface area contributed by atoms with Crippen molar-refractivity contribution in [2.24, 2.45) is 0 Å². The topological polar surface area (TPSA) is 13.1 Å². The molecule has 0 aliphatic rings. The molecule has 0 saturated heterocycles.